The van der Waals surface area contributed by atoms with Crippen LogP contribution in [-0.2, 0) is 6.54 Å². The quantitative estimate of drug-likeness (QED) is 0.351. The number of nitrogens with zero attached hydrogens (tertiary/aromatic N) is 7. The maximum Gasteiger partial charge on any atom is 0.181 e. The van der Waals surface area contributed by atoms with Crippen LogP contribution in [0.5, 0.6) is 0 Å². The maximum absolute atomic E-state index is 4.65. The molecule has 1 aliphatic rings. The molecule has 6 aromatic rings. The lowest BCUT2D eigenvalue weighted by molar-refractivity contribution is 0.220. The van der Waals surface area contributed by atoms with Crippen molar-refractivity contribution in [2.45, 2.75) is 32.7 Å². The van der Waals surface area contributed by atoms with Crippen molar-refractivity contribution >= 4 is 21.9 Å². The Hall–Kier alpha value is -4.37. The molecule has 1 aliphatic heterocycles. The number of pyridine rings is 3. The van der Waals surface area contributed by atoms with Crippen molar-refractivity contribution < 1.29 is 0 Å². The second-order valence-corrected chi connectivity index (χ2v) is 9.84. The van der Waals surface area contributed by atoms with Gasteiger partial charge in [-0.3, -0.25) is 20.0 Å². The Balaban J connectivity index is 1.26. The summed E-state index contributed by atoms with van der Waals surface area (Å²) < 4.78 is 2.00. The maximum atomic E-state index is 4.65. The second kappa shape index (κ2) is 8.94. The number of imidazole rings is 1. The van der Waals surface area contributed by atoms with Crippen molar-refractivity contribution in [2.75, 3.05) is 13.1 Å². The summed E-state index contributed by atoms with van der Waals surface area (Å²) in [6.45, 7) is 5.25. The first-order chi connectivity index (χ1) is 18.2. The summed E-state index contributed by atoms with van der Waals surface area (Å²) in [6.07, 6.45) is 17.2. The van der Waals surface area contributed by atoms with Gasteiger partial charge in [0, 0.05) is 53.2 Å². The van der Waals surface area contributed by atoms with Crippen LogP contribution in [0.2, 0.25) is 0 Å². The predicted octanol–water partition coefficient (Wildman–Crippen LogP) is 5.04. The number of likely N-dealkylation sites (tertiary alicyclic amines) is 1. The first kappa shape index (κ1) is 21.9. The minimum Gasteiger partial charge on any atom is -0.352 e. The number of rotatable bonds is 5. The summed E-state index contributed by atoms with van der Waals surface area (Å²) in [5.41, 5.74) is 8.70. The smallest absolute Gasteiger partial charge is 0.181 e. The fraction of sp³-hybridized carbons (Fsp3) is 0.250. The zero-order chi connectivity index (χ0) is 24.8. The summed E-state index contributed by atoms with van der Waals surface area (Å²) in [4.78, 5) is 24.0. The molecule has 1 fully saturated rings. The van der Waals surface area contributed by atoms with Crippen molar-refractivity contribution in [2.24, 2.45) is 0 Å². The molecule has 9 heteroatoms. The fourth-order valence-corrected chi connectivity index (χ4v) is 5.30. The number of nitrogens with one attached hydrogen (secondary N) is 2. The summed E-state index contributed by atoms with van der Waals surface area (Å²) in [5, 5.41) is 9.68. The Labute approximate surface area is 213 Å². The summed E-state index contributed by atoms with van der Waals surface area (Å²) in [7, 11) is 0. The van der Waals surface area contributed by atoms with E-state index in [1.165, 1.54) is 24.8 Å². The predicted molar refractivity (Wildman–Crippen MR) is 143 cm³/mol. The van der Waals surface area contributed by atoms with Crippen LogP contribution in [-0.4, -0.2) is 57.7 Å². The lowest BCUT2D eigenvalue weighted by Crippen LogP contribution is -2.29. The topological polar surface area (TPSA) is 104 Å². The van der Waals surface area contributed by atoms with Crippen LogP contribution in [0.1, 0.15) is 30.5 Å². The monoisotopic (exact) mass is 489 g/mol. The molecule has 9 nitrogen and oxygen atoms in total. The molecule has 0 unspecified atom stereocenters. The van der Waals surface area contributed by atoms with E-state index < -0.39 is 0 Å². The van der Waals surface area contributed by atoms with E-state index in [4.69, 9.17) is 0 Å². The average molecular weight is 490 g/mol. The molecule has 0 atom stereocenters. The number of fused-ring (bicyclic) bond motifs is 2. The van der Waals surface area contributed by atoms with Crippen LogP contribution in [0.25, 0.3) is 50.1 Å². The zero-order valence-electron chi connectivity index (χ0n) is 20.6. The van der Waals surface area contributed by atoms with Gasteiger partial charge in [-0.05, 0) is 56.6 Å². The Morgan fingerprint density at radius 1 is 0.865 bits per heavy atom. The number of aromatic amines is 2. The lowest BCUT2D eigenvalue weighted by atomic mass is 10.0. The first-order valence-electron chi connectivity index (χ1n) is 12.7. The third kappa shape index (κ3) is 4.07. The number of aromatic nitrogens is 8. The number of piperidine rings is 1. The highest BCUT2D eigenvalue weighted by molar-refractivity contribution is 5.97. The van der Waals surface area contributed by atoms with Crippen molar-refractivity contribution in [3.8, 4) is 28.2 Å². The van der Waals surface area contributed by atoms with Gasteiger partial charge in [-0.15, -0.1) is 0 Å². The van der Waals surface area contributed by atoms with Crippen LogP contribution in [0.4, 0.5) is 0 Å². The number of hydrogen-bond donors (Lipinski definition) is 2. The van der Waals surface area contributed by atoms with E-state index in [1.54, 1.807) is 0 Å². The highest BCUT2D eigenvalue weighted by Gasteiger charge is 2.16. The van der Waals surface area contributed by atoms with Crippen LogP contribution in [0.3, 0.4) is 0 Å². The standard InChI is InChI=1S/C28H27N9/c1-18-15-37(17-32-18)26-14-30-13-25-22(26)9-24(33-25)27-23-8-21(12-31-28(23)35-34-27)20-7-19(10-29-11-20)16-36-5-3-2-4-6-36/h7-15,17,33H,2-6,16H2,1H3,(H,31,34,35). The molecule has 6 aromatic heterocycles. The number of H-pyrrole nitrogens is 2. The molecule has 0 aromatic carbocycles. The highest BCUT2D eigenvalue weighted by atomic mass is 15.2. The third-order valence-corrected chi connectivity index (χ3v) is 7.18. The van der Waals surface area contributed by atoms with Crippen LogP contribution < -0.4 is 0 Å². The van der Waals surface area contributed by atoms with Crippen molar-refractivity contribution in [3.05, 3.63) is 73.0 Å². The summed E-state index contributed by atoms with van der Waals surface area (Å²) in [5.74, 6) is 0. The van der Waals surface area contributed by atoms with Crippen molar-refractivity contribution in [3.63, 3.8) is 0 Å². The molecule has 7 rings (SSSR count). The molecule has 0 aliphatic carbocycles. The molecule has 2 N–H and O–H groups in total. The third-order valence-electron chi connectivity index (χ3n) is 7.18. The van der Waals surface area contributed by atoms with Crippen molar-refractivity contribution in [1.82, 2.24) is 44.6 Å². The minimum atomic E-state index is 0.679. The van der Waals surface area contributed by atoms with E-state index in [0.717, 1.165) is 69.8 Å². The SMILES string of the molecule is Cc1cn(-c2cncc3[nH]c(-c4[nH]nc5ncc(-c6cncc(CN7CCCCC7)c6)cc45)cc23)cn1. The van der Waals surface area contributed by atoms with Crippen LogP contribution in [0, 0.1) is 6.92 Å². The molecule has 0 spiro atoms. The second-order valence-electron chi connectivity index (χ2n) is 9.84. The molecule has 0 saturated carbocycles. The van der Waals surface area contributed by atoms with E-state index in [-0.39, 0.29) is 0 Å². The van der Waals surface area contributed by atoms with Gasteiger partial charge in [0.1, 0.15) is 0 Å². The van der Waals surface area contributed by atoms with E-state index in [0.29, 0.717) is 5.65 Å². The van der Waals surface area contributed by atoms with E-state index in [9.17, 15) is 0 Å². The molecule has 37 heavy (non-hydrogen) atoms. The molecule has 0 amide bonds. The van der Waals surface area contributed by atoms with Gasteiger partial charge in [0.2, 0.25) is 0 Å². The van der Waals surface area contributed by atoms with Gasteiger partial charge in [-0.2, -0.15) is 5.10 Å². The van der Waals surface area contributed by atoms with Gasteiger partial charge >= 0.3 is 0 Å². The van der Waals surface area contributed by atoms with Gasteiger partial charge in [0.25, 0.3) is 0 Å². The van der Waals surface area contributed by atoms with Crippen molar-refractivity contribution in [1.29, 1.82) is 0 Å². The Morgan fingerprint density at radius 3 is 2.59 bits per heavy atom. The van der Waals surface area contributed by atoms with Gasteiger partial charge < -0.3 is 9.55 Å². The summed E-state index contributed by atoms with van der Waals surface area (Å²) >= 11 is 0. The van der Waals surface area contributed by atoms with Crippen LogP contribution in [0.15, 0.2) is 61.7 Å². The van der Waals surface area contributed by atoms with E-state index in [1.807, 2.05) is 55.0 Å². The lowest BCUT2D eigenvalue weighted by Gasteiger charge is -2.26. The number of hydrogen-bond acceptors (Lipinski definition) is 6. The van der Waals surface area contributed by atoms with Gasteiger partial charge in [-0.25, -0.2) is 9.97 Å². The van der Waals surface area contributed by atoms with Gasteiger partial charge in [-0.1, -0.05) is 6.42 Å². The van der Waals surface area contributed by atoms with Gasteiger partial charge in [0.05, 0.1) is 47.0 Å². The van der Waals surface area contributed by atoms with E-state index in [2.05, 4.69) is 58.2 Å². The molecule has 7 heterocycles. The molecular formula is C28H27N9. The Morgan fingerprint density at radius 2 is 1.73 bits per heavy atom. The fourth-order valence-electron chi connectivity index (χ4n) is 5.30. The van der Waals surface area contributed by atoms with E-state index >= 15 is 0 Å². The molecule has 184 valence electrons. The summed E-state index contributed by atoms with van der Waals surface area (Å²) in [6, 6.07) is 6.51. The molecule has 0 radical (unpaired) electrons. The Bertz CT molecular complexity index is 1720. The minimum absolute atomic E-state index is 0.679. The Kier molecular flexibility index (Phi) is 5.28. The average Bonchev–Trinajstić information content (AvgIpc) is 3.66. The van der Waals surface area contributed by atoms with Gasteiger partial charge in [0.15, 0.2) is 5.65 Å². The molecule has 1 saturated heterocycles. The zero-order valence-corrected chi connectivity index (χ0v) is 20.6. The highest BCUT2D eigenvalue weighted by Crippen LogP contribution is 2.32. The normalized spacial score (nSPS) is 14.6. The van der Waals surface area contributed by atoms with Crippen LogP contribution >= 0.6 is 0 Å². The largest absolute Gasteiger partial charge is 0.352 e. The first-order valence-corrected chi connectivity index (χ1v) is 12.7. The molecule has 0 bridgehead atoms. The number of aryl methyl sites for hydroxylation is 1. The molecular weight excluding hydrogens is 462 g/mol.